The van der Waals surface area contributed by atoms with Gasteiger partial charge in [0, 0.05) is 36.3 Å². The molecule has 0 radical (unpaired) electrons. The molecule has 0 amide bonds. The fourth-order valence-corrected chi connectivity index (χ4v) is 3.36. The Kier molecular flexibility index (Phi) is 4.01. The average molecular weight is 321 g/mol. The van der Waals surface area contributed by atoms with Gasteiger partial charge in [0.1, 0.15) is 11.6 Å². The maximum Gasteiger partial charge on any atom is 0.140 e. The van der Waals surface area contributed by atoms with Crippen molar-refractivity contribution in [2.24, 2.45) is 5.92 Å². The van der Waals surface area contributed by atoms with Gasteiger partial charge >= 0.3 is 0 Å². The van der Waals surface area contributed by atoms with Crippen LogP contribution in [-0.2, 0) is 11.2 Å². The third-order valence-corrected chi connectivity index (χ3v) is 4.54. The lowest BCUT2D eigenvalue weighted by molar-refractivity contribution is 0.181. The number of aromatic nitrogens is 3. The Balaban J connectivity index is 1.63. The summed E-state index contributed by atoms with van der Waals surface area (Å²) in [5, 5.41) is 9.75. The summed E-state index contributed by atoms with van der Waals surface area (Å²) >= 11 is 0. The van der Waals surface area contributed by atoms with Gasteiger partial charge in [0.05, 0.1) is 19.3 Å². The van der Waals surface area contributed by atoms with E-state index in [0.717, 1.165) is 24.4 Å². The first-order valence-corrected chi connectivity index (χ1v) is 8.10. The minimum atomic E-state index is 0.234. The third-order valence-electron chi connectivity index (χ3n) is 4.54. The van der Waals surface area contributed by atoms with Crippen LogP contribution < -0.4 is 0 Å². The number of nitrogens with zero attached hydrogens (tertiary/aromatic N) is 3. The standard InChI is InChI=1S/C19H19N3O2/c23-17-3-1-2-15(11-17)19-21-8-9-22(19)18-13-24-12-16(18)10-14-4-6-20-7-5-14/h1-9,11,16,18,23H,10,12-13H2/t16-,18-/m1/s1. The van der Waals surface area contributed by atoms with Crippen molar-refractivity contribution in [3.05, 3.63) is 66.7 Å². The summed E-state index contributed by atoms with van der Waals surface area (Å²) in [5.74, 6) is 1.50. The number of phenols is 1. The highest BCUT2D eigenvalue weighted by Gasteiger charge is 2.31. The van der Waals surface area contributed by atoms with Crippen LogP contribution in [0, 0.1) is 5.92 Å². The van der Waals surface area contributed by atoms with Crippen molar-refractivity contribution in [3.8, 4) is 17.1 Å². The monoisotopic (exact) mass is 321 g/mol. The van der Waals surface area contributed by atoms with Crippen LogP contribution in [0.1, 0.15) is 11.6 Å². The molecule has 0 saturated carbocycles. The molecule has 1 aliphatic rings. The summed E-state index contributed by atoms with van der Waals surface area (Å²) in [7, 11) is 0. The van der Waals surface area contributed by atoms with Crippen LogP contribution in [0.3, 0.4) is 0 Å². The zero-order valence-electron chi connectivity index (χ0n) is 13.2. The number of imidazole rings is 1. The fraction of sp³-hybridized carbons (Fsp3) is 0.263. The van der Waals surface area contributed by atoms with Crippen LogP contribution in [0.4, 0.5) is 0 Å². The number of ether oxygens (including phenoxy) is 1. The third kappa shape index (κ3) is 2.90. The first-order chi connectivity index (χ1) is 11.8. The van der Waals surface area contributed by atoms with Crippen molar-refractivity contribution in [3.63, 3.8) is 0 Å². The minimum absolute atomic E-state index is 0.234. The summed E-state index contributed by atoms with van der Waals surface area (Å²) < 4.78 is 7.94. The maximum absolute atomic E-state index is 9.75. The van der Waals surface area contributed by atoms with Crippen molar-refractivity contribution in [2.75, 3.05) is 13.2 Å². The SMILES string of the molecule is Oc1cccc(-c2nccn2[C@@H]2COC[C@H]2Cc2ccncc2)c1. The molecule has 3 heterocycles. The molecule has 5 nitrogen and oxygen atoms in total. The lowest BCUT2D eigenvalue weighted by Crippen LogP contribution is -2.20. The molecule has 4 rings (SSSR count). The molecule has 1 aliphatic heterocycles. The van der Waals surface area contributed by atoms with E-state index in [1.807, 2.05) is 30.7 Å². The van der Waals surface area contributed by atoms with Gasteiger partial charge in [0.15, 0.2) is 0 Å². The summed E-state index contributed by atoms with van der Waals surface area (Å²) in [6.07, 6.45) is 8.41. The highest BCUT2D eigenvalue weighted by Crippen LogP contribution is 2.33. The van der Waals surface area contributed by atoms with Crippen molar-refractivity contribution in [1.29, 1.82) is 0 Å². The van der Waals surface area contributed by atoms with Crippen LogP contribution in [0.25, 0.3) is 11.4 Å². The van der Waals surface area contributed by atoms with E-state index >= 15 is 0 Å². The van der Waals surface area contributed by atoms with Crippen molar-refractivity contribution in [1.82, 2.24) is 14.5 Å². The molecule has 5 heteroatoms. The van der Waals surface area contributed by atoms with Crippen LogP contribution >= 0.6 is 0 Å². The summed E-state index contributed by atoms with van der Waals surface area (Å²) in [6.45, 7) is 1.42. The van der Waals surface area contributed by atoms with Gasteiger partial charge in [-0.15, -0.1) is 0 Å². The molecule has 1 N–H and O–H groups in total. The van der Waals surface area contributed by atoms with E-state index in [4.69, 9.17) is 4.74 Å². The van der Waals surface area contributed by atoms with E-state index in [1.165, 1.54) is 5.56 Å². The van der Waals surface area contributed by atoms with Gasteiger partial charge in [-0.3, -0.25) is 4.98 Å². The molecular weight excluding hydrogens is 302 g/mol. The van der Waals surface area contributed by atoms with Crippen molar-refractivity contribution >= 4 is 0 Å². The number of rotatable bonds is 4. The zero-order chi connectivity index (χ0) is 16.4. The quantitative estimate of drug-likeness (QED) is 0.802. The molecular formula is C19H19N3O2. The second kappa shape index (κ2) is 6.45. The van der Waals surface area contributed by atoms with Gasteiger partial charge in [-0.2, -0.15) is 0 Å². The Morgan fingerprint density at radius 2 is 2.00 bits per heavy atom. The molecule has 2 aromatic heterocycles. The molecule has 0 spiro atoms. The van der Waals surface area contributed by atoms with Crippen LogP contribution in [0.2, 0.25) is 0 Å². The van der Waals surface area contributed by atoms with Crippen molar-refractivity contribution in [2.45, 2.75) is 12.5 Å². The Morgan fingerprint density at radius 1 is 1.12 bits per heavy atom. The topological polar surface area (TPSA) is 60.2 Å². The minimum Gasteiger partial charge on any atom is -0.508 e. The molecule has 0 aliphatic carbocycles. The molecule has 3 aromatic rings. The number of benzene rings is 1. The fourth-order valence-electron chi connectivity index (χ4n) is 3.36. The number of aromatic hydroxyl groups is 1. The molecule has 24 heavy (non-hydrogen) atoms. The number of hydrogen-bond donors (Lipinski definition) is 1. The normalized spacial score (nSPS) is 20.3. The molecule has 0 bridgehead atoms. The molecule has 1 saturated heterocycles. The number of hydrogen-bond acceptors (Lipinski definition) is 4. The van der Waals surface area contributed by atoms with Crippen LogP contribution in [-0.4, -0.2) is 32.9 Å². The van der Waals surface area contributed by atoms with Gasteiger partial charge < -0.3 is 14.4 Å². The molecule has 1 fully saturated rings. The summed E-state index contributed by atoms with van der Waals surface area (Å²) in [6, 6.07) is 11.6. The smallest absolute Gasteiger partial charge is 0.140 e. The van der Waals surface area contributed by atoms with Gasteiger partial charge in [0.2, 0.25) is 0 Å². The maximum atomic E-state index is 9.75. The first kappa shape index (κ1) is 14.9. The van der Waals surface area contributed by atoms with Gasteiger partial charge in [-0.05, 0) is 36.2 Å². The lowest BCUT2D eigenvalue weighted by Gasteiger charge is -2.21. The van der Waals surface area contributed by atoms with E-state index in [9.17, 15) is 5.11 Å². The molecule has 2 atom stereocenters. The van der Waals surface area contributed by atoms with Gasteiger partial charge in [0.25, 0.3) is 0 Å². The Bertz CT molecular complexity index is 816. The van der Waals surface area contributed by atoms with Gasteiger partial charge in [-0.1, -0.05) is 12.1 Å². The molecule has 122 valence electrons. The molecule has 1 aromatic carbocycles. The Hall–Kier alpha value is -2.66. The second-order valence-corrected chi connectivity index (χ2v) is 6.13. The first-order valence-electron chi connectivity index (χ1n) is 8.10. The van der Waals surface area contributed by atoms with E-state index < -0.39 is 0 Å². The van der Waals surface area contributed by atoms with E-state index in [2.05, 4.69) is 26.7 Å². The van der Waals surface area contributed by atoms with Crippen LogP contribution in [0.15, 0.2) is 61.2 Å². The van der Waals surface area contributed by atoms with E-state index in [-0.39, 0.29) is 11.8 Å². The average Bonchev–Trinajstić information content (AvgIpc) is 3.24. The van der Waals surface area contributed by atoms with E-state index in [0.29, 0.717) is 12.5 Å². The summed E-state index contributed by atoms with van der Waals surface area (Å²) in [4.78, 5) is 8.58. The largest absolute Gasteiger partial charge is 0.508 e. The highest BCUT2D eigenvalue weighted by molar-refractivity contribution is 5.58. The van der Waals surface area contributed by atoms with Crippen molar-refractivity contribution < 1.29 is 9.84 Å². The lowest BCUT2D eigenvalue weighted by atomic mass is 9.95. The predicted molar refractivity (Wildman–Crippen MR) is 90.6 cm³/mol. The number of pyridine rings is 1. The number of phenolic OH excluding ortho intramolecular Hbond substituents is 1. The Morgan fingerprint density at radius 3 is 2.83 bits per heavy atom. The highest BCUT2D eigenvalue weighted by atomic mass is 16.5. The summed E-state index contributed by atoms with van der Waals surface area (Å²) in [5.41, 5.74) is 2.18. The predicted octanol–water partition coefficient (Wildman–Crippen LogP) is 3.08. The zero-order valence-corrected chi connectivity index (χ0v) is 13.2. The van der Waals surface area contributed by atoms with Gasteiger partial charge in [-0.25, -0.2) is 4.98 Å². The molecule has 0 unspecified atom stereocenters. The van der Waals surface area contributed by atoms with Crippen LogP contribution in [0.5, 0.6) is 5.75 Å². The van der Waals surface area contributed by atoms with E-state index in [1.54, 1.807) is 18.3 Å². The Labute approximate surface area is 140 Å². The second-order valence-electron chi connectivity index (χ2n) is 6.13.